The maximum Gasteiger partial charge on any atom is 0.261 e. The van der Waals surface area contributed by atoms with Crippen molar-refractivity contribution in [1.82, 2.24) is 10.2 Å². The Bertz CT molecular complexity index is 953. The van der Waals surface area contributed by atoms with Crippen molar-refractivity contribution in [2.24, 2.45) is 11.8 Å². The Morgan fingerprint density at radius 1 is 1.12 bits per heavy atom. The summed E-state index contributed by atoms with van der Waals surface area (Å²) in [7, 11) is 0. The van der Waals surface area contributed by atoms with E-state index < -0.39 is 6.10 Å². The molecule has 0 spiro atoms. The molecule has 2 aliphatic rings. The molecule has 2 amide bonds. The third-order valence-electron chi connectivity index (χ3n) is 6.30. The third-order valence-corrected chi connectivity index (χ3v) is 6.30. The van der Waals surface area contributed by atoms with Crippen LogP contribution < -0.4 is 10.1 Å². The Hall–Kier alpha value is -2.82. The number of hydrogen-bond donors (Lipinski definition) is 1. The fourth-order valence-corrected chi connectivity index (χ4v) is 4.37. The van der Waals surface area contributed by atoms with Crippen LogP contribution >= 0.6 is 0 Å². The minimum absolute atomic E-state index is 0.0796. The molecule has 2 aromatic rings. The Balaban J connectivity index is 1.62. The van der Waals surface area contributed by atoms with Gasteiger partial charge in [0.15, 0.2) is 6.10 Å². The van der Waals surface area contributed by atoms with Crippen LogP contribution in [0.5, 0.6) is 5.75 Å². The summed E-state index contributed by atoms with van der Waals surface area (Å²) in [5.74, 6) is 1.43. The first-order valence-corrected chi connectivity index (χ1v) is 11.9. The Labute approximate surface area is 191 Å². The molecule has 1 aliphatic heterocycles. The number of carbonyl (C=O) groups excluding carboxylic acids is 2. The summed E-state index contributed by atoms with van der Waals surface area (Å²) in [6, 6.07) is 16.2. The molecule has 1 fully saturated rings. The number of rotatable bonds is 8. The van der Waals surface area contributed by atoms with Crippen molar-refractivity contribution < 1.29 is 14.3 Å². The molecule has 0 saturated heterocycles. The first-order chi connectivity index (χ1) is 15.5. The Morgan fingerprint density at radius 3 is 2.53 bits per heavy atom. The van der Waals surface area contributed by atoms with Crippen molar-refractivity contribution in [3.8, 4) is 5.75 Å². The summed E-state index contributed by atoms with van der Waals surface area (Å²) in [4.78, 5) is 27.8. The van der Waals surface area contributed by atoms with Crippen molar-refractivity contribution >= 4 is 11.8 Å². The second-order valence-corrected chi connectivity index (χ2v) is 9.38. The largest absolute Gasteiger partial charge is 0.481 e. The van der Waals surface area contributed by atoms with E-state index in [1.807, 2.05) is 42.2 Å². The molecule has 5 nitrogen and oxygen atoms in total. The number of benzene rings is 2. The molecule has 1 saturated carbocycles. The van der Waals surface area contributed by atoms with Crippen LogP contribution in [0.15, 0.2) is 48.5 Å². The van der Waals surface area contributed by atoms with Crippen LogP contribution in [0.4, 0.5) is 0 Å². The molecule has 1 aliphatic carbocycles. The maximum atomic E-state index is 13.1. The molecule has 0 bridgehead atoms. The zero-order valence-electron chi connectivity index (χ0n) is 19.3. The number of ether oxygens (including phenoxy) is 1. The fraction of sp³-hybridized carbons (Fsp3) is 0.481. The number of carbonyl (C=O) groups is 2. The van der Waals surface area contributed by atoms with Gasteiger partial charge in [-0.15, -0.1) is 0 Å². The number of amides is 2. The second-order valence-electron chi connectivity index (χ2n) is 9.38. The first kappa shape index (κ1) is 22.4. The van der Waals surface area contributed by atoms with Gasteiger partial charge in [0.1, 0.15) is 5.75 Å². The number of nitrogens with zero attached hydrogens (tertiary/aromatic N) is 1. The van der Waals surface area contributed by atoms with E-state index in [0.29, 0.717) is 24.6 Å². The lowest BCUT2D eigenvalue weighted by Gasteiger charge is -2.38. The van der Waals surface area contributed by atoms with E-state index in [0.717, 1.165) is 36.9 Å². The molecule has 1 heterocycles. The van der Waals surface area contributed by atoms with Gasteiger partial charge in [-0.1, -0.05) is 57.2 Å². The van der Waals surface area contributed by atoms with Gasteiger partial charge in [0.05, 0.1) is 6.04 Å². The predicted molar refractivity (Wildman–Crippen MR) is 125 cm³/mol. The molecule has 32 heavy (non-hydrogen) atoms. The summed E-state index contributed by atoms with van der Waals surface area (Å²) >= 11 is 0. The topological polar surface area (TPSA) is 58.6 Å². The minimum Gasteiger partial charge on any atom is -0.481 e. The van der Waals surface area contributed by atoms with Gasteiger partial charge < -0.3 is 15.0 Å². The van der Waals surface area contributed by atoms with Gasteiger partial charge in [0.2, 0.25) is 5.91 Å². The van der Waals surface area contributed by atoms with E-state index in [2.05, 4.69) is 37.4 Å². The molecule has 2 atom stereocenters. The van der Waals surface area contributed by atoms with Crippen LogP contribution in [-0.2, 0) is 16.0 Å². The highest BCUT2D eigenvalue weighted by Gasteiger charge is 2.39. The van der Waals surface area contributed by atoms with Gasteiger partial charge >= 0.3 is 0 Å². The van der Waals surface area contributed by atoms with Gasteiger partial charge in [-0.2, -0.15) is 0 Å². The molecule has 4 rings (SSSR count). The SMILES string of the molecule is CC[C@@H](Oc1ccc2c(c1)[C@H](c1ccccc1)N(C(=O)C1CC1)CC2)C(=O)NCC(C)C. The normalized spacial score (nSPS) is 18.8. The van der Waals surface area contributed by atoms with Crippen LogP contribution in [0.25, 0.3) is 0 Å². The minimum atomic E-state index is -0.533. The lowest BCUT2D eigenvalue weighted by atomic mass is 9.87. The highest BCUT2D eigenvalue weighted by Crippen LogP contribution is 2.41. The van der Waals surface area contributed by atoms with Crippen molar-refractivity contribution in [2.45, 2.75) is 58.6 Å². The van der Waals surface area contributed by atoms with Gasteiger partial charge in [0, 0.05) is 19.0 Å². The van der Waals surface area contributed by atoms with E-state index in [9.17, 15) is 9.59 Å². The highest BCUT2D eigenvalue weighted by molar-refractivity contribution is 5.82. The zero-order chi connectivity index (χ0) is 22.7. The van der Waals surface area contributed by atoms with Gasteiger partial charge in [-0.25, -0.2) is 0 Å². The van der Waals surface area contributed by atoms with E-state index >= 15 is 0 Å². The van der Waals surface area contributed by atoms with Crippen LogP contribution in [0, 0.1) is 11.8 Å². The van der Waals surface area contributed by atoms with Crippen LogP contribution in [0.1, 0.15) is 62.8 Å². The molecular formula is C27H34N2O3. The lowest BCUT2D eigenvalue weighted by molar-refractivity contribution is -0.134. The number of hydrogen-bond acceptors (Lipinski definition) is 3. The number of fused-ring (bicyclic) bond motifs is 1. The zero-order valence-corrected chi connectivity index (χ0v) is 19.3. The predicted octanol–water partition coefficient (Wildman–Crippen LogP) is 4.50. The highest BCUT2D eigenvalue weighted by atomic mass is 16.5. The maximum absolute atomic E-state index is 13.1. The molecule has 0 aromatic heterocycles. The standard InChI is InChI=1S/C27H34N2O3/c1-4-24(26(30)28-17-18(2)3)32-22-13-12-19-14-15-29(27(31)21-10-11-21)25(23(19)16-22)20-8-6-5-7-9-20/h5-9,12-13,16,18,21,24-25H,4,10-11,14-15,17H2,1-3H3,(H,28,30)/t24-,25+/m1/s1. The van der Waals surface area contributed by atoms with E-state index in [-0.39, 0.29) is 23.8 Å². The Kier molecular flexibility index (Phi) is 6.83. The fourth-order valence-electron chi connectivity index (χ4n) is 4.37. The summed E-state index contributed by atoms with van der Waals surface area (Å²) < 4.78 is 6.15. The molecule has 0 unspecified atom stereocenters. The van der Waals surface area contributed by atoms with E-state index in [1.54, 1.807) is 0 Å². The molecule has 1 N–H and O–H groups in total. The van der Waals surface area contributed by atoms with Gasteiger partial charge in [-0.3, -0.25) is 9.59 Å². The summed E-state index contributed by atoms with van der Waals surface area (Å²) in [6.07, 6.45) is 2.89. The quantitative estimate of drug-likeness (QED) is 0.666. The third kappa shape index (κ3) is 4.98. The molecular weight excluding hydrogens is 400 g/mol. The first-order valence-electron chi connectivity index (χ1n) is 11.9. The van der Waals surface area contributed by atoms with E-state index in [4.69, 9.17) is 4.74 Å². The average Bonchev–Trinajstić information content (AvgIpc) is 3.65. The molecule has 0 radical (unpaired) electrons. The summed E-state index contributed by atoms with van der Waals surface area (Å²) in [6.45, 7) is 7.48. The van der Waals surface area contributed by atoms with Crippen molar-refractivity contribution in [1.29, 1.82) is 0 Å². The van der Waals surface area contributed by atoms with Gasteiger partial charge in [0.25, 0.3) is 5.91 Å². The van der Waals surface area contributed by atoms with E-state index in [1.165, 1.54) is 5.56 Å². The molecule has 170 valence electrons. The van der Waals surface area contributed by atoms with Crippen molar-refractivity contribution in [3.05, 3.63) is 65.2 Å². The smallest absolute Gasteiger partial charge is 0.261 e. The molecule has 2 aromatic carbocycles. The average molecular weight is 435 g/mol. The van der Waals surface area contributed by atoms with Crippen LogP contribution in [0.2, 0.25) is 0 Å². The summed E-state index contributed by atoms with van der Waals surface area (Å²) in [5, 5.41) is 2.97. The Morgan fingerprint density at radius 2 is 1.88 bits per heavy atom. The van der Waals surface area contributed by atoms with Crippen LogP contribution in [-0.4, -0.2) is 35.9 Å². The van der Waals surface area contributed by atoms with Crippen molar-refractivity contribution in [3.63, 3.8) is 0 Å². The molecule has 5 heteroatoms. The van der Waals surface area contributed by atoms with Crippen LogP contribution in [0.3, 0.4) is 0 Å². The number of nitrogens with one attached hydrogen (secondary N) is 1. The summed E-state index contributed by atoms with van der Waals surface area (Å²) in [5.41, 5.74) is 3.45. The van der Waals surface area contributed by atoms with Gasteiger partial charge in [-0.05, 0) is 60.4 Å². The lowest BCUT2D eigenvalue weighted by Crippen LogP contribution is -2.41. The van der Waals surface area contributed by atoms with Crippen molar-refractivity contribution in [2.75, 3.05) is 13.1 Å². The monoisotopic (exact) mass is 434 g/mol. The second kappa shape index (κ2) is 9.76.